The average molecular weight is 273 g/mol. The van der Waals surface area contributed by atoms with Crippen molar-refractivity contribution in [3.63, 3.8) is 0 Å². The Hall–Kier alpha value is -2.12. The summed E-state index contributed by atoms with van der Waals surface area (Å²) in [6.07, 6.45) is -3.59. The molecule has 102 valence electrons. The van der Waals surface area contributed by atoms with Crippen LogP contribution in [-0.4, -0.2) is 23.3 Å². The molecular formula is C11H10F3N3O2. The number of alkyl halides is 3. The van der Waals surface area contributed by atoms with Crippen molar-refractivity contribution in [3.05, 3.63) is 24.0 Å². The average Bonchev–Trinajstić information content (AvgIpc) is 2.70. The van der Waals surface area contributed by atoms with Gasteiger partial charge in [-0.1, -0.05) is 0 Å². The molecule has 2 heterocycles. The van der Waals surface area contributed by atoms with Gasteiger partial charge < -0.3 is 10.6 Å². The van der Waals surface area contributed by atoms with E-state index in [2.05, 4.69) is 4.98 Å². The van der Waals surface area contributed by atoms with Gasteiger partial charge in [-0.05, 0) is 12.1 Å². The van der Waals surface area contributed by atoms with E-state index in [1.54, 1.807) is 0 Å². The number of carbonyl (C=O) groups is 2. The second-order valence-corrected chi connectivity index (χ2v) is 4.21. The Labute approximate surface area is 106 Å². The van der Waals surface area contributed by atoms with Crippen molar-refractivity contribution < 1.29 is 22.8 Å². The predicted molar refractivity (Wildman–Crippen MR) is 58.9 cm³/mol. The van der Waals surface area contributed by atoms with Gasteiger partial charge in [-0.2, -0.15) is 13.2 Å². The van der Waals surface area contributed by atoms with Gasteiger partial charge in [-0.15, -0.1) is 0 Å². The third-order valence-corrected chi connectivity index (χ3v) is 2.88. The molecule has 0 spiro atoms. The topological polar surface area (TPSA) is 76.3 Å². The van der Waals surface area contributed by atoms with Gasteiger partial charge in [-0.25, -0.2) is 4.98 Å². The molecule has 0 saturated carbocycles. The van der Waals surface area contributed by atoms with Gasteiger partial charge in [0.1, 0.15) is 5.69 Å². The van der Waals surface area contributed by atoms with Gasteiger partial charge in [0, 0.05) is 13.0 Å². The van der Waals surface area contributed by atoms with Crippen LogP contribution in [0.25, 0.3) is 0 Å². The summed E-state index contributed by atoms with van der Waals surface area (Å²) in [4.78, 5) is 27.1. The lowest BCUT2D eigenvalue weighted by Crippen LogP contribution is -2.28. The Balaban J connectivity index is 2.19. The summed E-state index contributed by atoms with van der Waals surface area (Å²) in [6, 6.07) is 1.94. The Bertz CT molecular complexity index is 513. The van der Waals surface area contributed by atoms with E-state index in [1.165, 1.54) is 4.90 Å². The summed E-state index contributed by atoms with van der Waals surface area (Å²) in [5, 5.41) is 0. The maximum atomic E-state index is 12.3. The van der Waals surface area contributed by atoms with Gasteiger partial charge in [0.25, 0.3) is 0 Å². The van der Waals surface area contributed by atoms with Crippen molar-refractivity contribution in [2.24, 2.45) is 11.7 Å². The Morgan fingerprint density at radius 1 is 1.42 bits per heavy atom. The third-order valence-electron chi connectivity index (χ3n) is 2.88. The zero-order valence-electron chi connectivity index (χ0n) is 9.65. The molecule has 2 rings (SSSR count). The fraction of sp³-hybridized carbons (Fsp3) is 0.364. The van der Waals surface area contributed by atoms with Crippen molar-refractivity contribution in [1.82, 2.24) is 4.98 Å². The van der Waals surface area contributed by atoms with E-state index in [0.29, 0.717) is 0 Å². The molecule has 1 atom stereocenters. The Morgan fingerprint density at radius 3 is 2.53 bits per heavy atom. The van der Waals surface area contributed by atoms with E-state index in [4.69, 9.17) is 5.73 Å². The highest BCUT2D eigenvalue weighted by atomic mass is 19.4. The standard InChI is InChI=1S/C11H10F3N3O2/c12-11(13,14)8-2-1-7(4-16-8)17-5-6(10(15)19)3-9(17)18/h1-2,4,6H,3,5H2,(H2,15,19). The van der Waals surface area contributed by atoms with Crippen LogP contribution >= 0.6 is 0 Å². The fourth-order valence-corrected chi connectivity index (χ4v) is 1.86. The molecule has 1 aliphatic rings. The number of aromatic nitrogens is 1. The quantitative estimate of drug-likeness (QED) is 0.871. The maximum absolute atomic E-state index is 12.3. The van der Waals surface area contributed by atoms with Gasteiger partial charge in [-0.3, -0.25) is 9.59 Å². The lowest BCUT2D eigenvalue weighted by atomic mass is 10.1. The minimum atomic E-state index is -4.52. The minimum absolute atomic E-state index is 0.0314. The Kier molecular flexibility index (Phi) is 3.17. The van der Waals surface area contributed by atoms with Crippen molar-refractivity contribution in [1.29, 1.82) is 0 Å². The van der Waals surface area contributed by atoms with Gasteiger partial charge in [0.05, 0.1) is 17.8 Å². The summed E-state index contributed by atoms with van der Waals surface area (Å²) >= 11 is 0. The lowest BCUT2D eigenvalue weighted by Gasteiger charge is -2.16. The van der Waals surface area contributed by atoms with E-state index >= 15 is 0 Å². The number of anilines is 1. The first-order valence-electron chi connectivity index (χ1n) is 5.42. The van der Waals surface area contributed by atoms with Crippen LogP contribution in [0.15, 0.2) is 18.3 Å². The van der Waals surface area contributed by atoms with Crippen molar-refractivity contribution in [2.75, 3.05) is 11.4 Å². The second-order valence-electron chi connectivity index (χ2n) is 4.21. The van der Waals surface area contributed by atoms with Crippen molar-refractivity contribution in [2.45, 2.75) is 12.6 Å². The number of hydrogen-bond donors (Lipinski definition) is 1. The summed E-state index contributed by atoms with van der Waals surface area (Å²) in [7, 11) is 0. The van der Waals surface area contributed by atoms with E-state index < -0.39 is 23.7 Å². The molecule has 8 heteroatoms. The molecule has 1 unspecified atom stereocenters. The smallest absolute Gasteiger partial charge is 0.369 e. The van der Waals surface area contributed by atoms with Crippen LogP contribution < -0.4 is 10.6 Å². The zero-order chi connectivity index (χ0) is 14.2. The zero-order valence-corrected chi connectivity index (χ0v) is 9.65. The molecule has 0 radical (unpaired) electrons. The van der Waals surface area contributed by atoms with E-state index in [0.717, 1.165) is 18.3 Å². The first kappa shape index (κ1) is 13.3. The SMILES string of the molecule is NC(=O)C1CC(=O)N(c2ccc(C(F)(F)F)nc2)C1. The first-order chi connectivity index (χ1) is 8.79. The molecule has 1 fully saturated rings. The summed E-state index contributed by atoms with van der Waals surface area (Å²) in [6.45, 7) is 0.0706. The highest BCUT2D eigenvalue weighted by molar-refractivity contribution is 5.99. The van der Waals surface area contributed by atoms with Crippen LogP contribution in [0.4, 0.5) is 18.9 Å². The van der Waals surface area contributed by atoms with Crippen LogP contribution in [0.5, 0.6) is 0 Å². The van der Waals surface area contributed by atoms with Crippen LogP contribution in [0, 0.1) is 5.92 Å². The van der Waals surface area contributed by atoms with Crippen LogP contribution in [0.3, 0.4) is 0 Å². The number of amides is 2. The normalized spacial score (nSPS) is 19.8. The van der Waals surface area contributed by atoms with Gasteiger partial charge in [0.15, 0.2) is 0 Å². The molecule has 0 aromatic carbocycles. The molecule has 0 bridgehead atoms. The molecule has 1 saturated heterocycles. The number of primary amides is 1. The van der Waals surface area contributed by atoms with E-state index in [9.17, 15) is 22.8 Å². The molecule has 2 amide bonds. The van der Waals surface area contributed by atoms with E-state index in [1.807, 2.05) is 0 Å². The molecule has 2 N–H and O–H groups in total. The van der Waals surface area contributed by atoms with Crippen molar-refractivity contribution >= 4 is 17.5 Å². The second kappa shape index (κ2) is 4.52. The first-order valence-corrected chi connectivity index (χ1v) is 5.42. The lowest BCUT2D eigenvalue weighted by molar-refractivity contribution is -0.141. The molecule has 0 aliphatic carbocycles. The number of carbonyl (C=O) groups excluding carboxylic acids is 2. The number of nitrogens with zero attached hydrogens (tertiary/aromatic N) is 2. The largest absolute Gasteiger partial charge is 0.433 e. The molecular weight excluding hydrogens is 263 g/mol. The van der Waals surface area contributed by atoms with Crippen LogP contribution in [-0.2, 0) is 15.8 Å². The minimum Gasteiger partial charge on any atom is -0.369 e. The van der Waals surface area contributed by atoms with Gasteiger partial charge in [0.2, 0.25) is 11.8 Å². The summed E-state index contributed by atoms with van der Waals surface area (Å²) < 4.78 is 37.0. The Morgan fingerprint density at radius 2 is 2.11 bits per heavy atom. The molecule has 5 nitrogen and oxygen atoms in total. The summed E-state index contributed by atoms with van der Waals surface area (Å²) in [5.41, 5.74) is 4.29. The maximum Gasteiger partial charge on any atom is 0.433 e. The number of halogens is 3. The molecule has 1 aromatic heterocycles. The van der Waals surface area contributed by atoms with E-state index in [-0.39, 0.29) is 24.6 Å². The molecule has 1 aliphatic heterocycles. The number of rotatable bonds is 2. The van der Waals surface area contributed by atoms with Crippen molar-refractivity contribution in [3.8, 4) is 0 Å². The predicted octanol–water partition coefficient (Wildman–Crippen LogP) is 0.939. The van der Waals surface area contributed by atoms with Gasteiger partial charge >= 0.3 is 6.18 Å². The highest BCUT2D eigenvalue weighted by Crippen LogP contribution is 2.30. The molecule has 1 aromatic rings. The number of hydrogen-bond acceptors (Lipinski definition) is 3. The number of nitrogens with two attached hydrogens (primary N) is 1. The van der Waals surface area contributed by atoms with Crippen LogP contribution in [0.2, 0.25) is 0 Å². The fourth-order valence-electron chi connectivity index (χ4n) is 1.86. The monoisotopic (exact) mass is 273 g/mol. The van der Waals surface area contributed by atoms with Crippen LogP contribution in [0.1, 0.15) is 12.1 Å². The third kappa shape index (κ3) is 2.67. The summed E-state index contributed by atoms with van der Waals surface area (Å²) in [5.74, 6) is -1.57. The highest BCUT2D eigenvalue weighted by Gasteiger charge is 2.35. The number of pyridine rings is 1. The molecule has 19 heavy (non-hydrogen) atoms.